The summed E-state index contributed by atoms with van der Waals surface area (Å²) in [5.74, 6) is -3.90. The van der Waals surface area contributed by atoms with Crippen LogP contribution in [0, 0.1) is 15.5 Å². The van der Waals surface area contributed by atoms with Crippen LogP contribution >= 0.6 is 23.2 Å². The molecular formula is C21H24Cl2N6O7S. The molecule has 6 N–H and O–H groups in total. The van der Waals surface area contributed by atoms with Gasteiger partial charge in [0.2, 0.25) is 0 Å². The zero-order valence-corrected chi connectivity index (χ0v) is 21.5. The summed E-state index contributed by atoms with van der Waals surface area (Å²) in [4.78, 5) is 35.0. The van der Waals surface area contributed by atoms with E-state index in [0.717, 1.165) is 24.3 Å². The van der Waals surface area contributed by atoms with E-state index >= 15 is 0 Å². The van der Waals surface area contributed by atoms with E-state index in [1.165, 1.54) is 18.2 Å². The molecule has 0 aromatic heterocycles. The Morgan fingerprint density at radius 2 is 1.76 bits per heavy atom. The number of carbonyl (C=O) groups is 2. The molecule has 0 spiro atoms. The van der Waals surface area contributed by atoms with Gasteiger partial charge in [-0.2, -0.15) is 0 Å². The monoisotopic (exact) mass is 574 g/mol. The summed E-state index contributed by atoms with van der Waals surface area (Å²) in [6.45, 7) is 0.0330. The summed E-state index contributed by atoms with van der Waals surface area (Å²) in [6, 6.07) is 7.02. The first-order valence-electron chi connectivity index (χ1n) is 10.6. The zero-order chi connectivity index (χ0) is 27.8. The van der Waals surface area contributed by atoms with Gasteiger partial charge in [0.1, 0.15) is 11.8 Å². The molecule has 0 aliphatic heterocycles. The van der Waals surface area contributed by atoms with Crippen molar-refractivity contribution in [3.8, 4) is 0 Å². The number of sulfone groups is 1. The van der Waals surface area contributed by atoms with Crippen molar-refractivity contribution in [1.82, 2.24) is 15.8 Å². The average Bonchev–Trinajstić information content (AvgIpc) is 2.79. The molecular weight excluding hydrogens is 551 g/mol. The Labute approximate surface area is 222 Å². The number of hydrazine groups is 1. The van der Waals surface area contributed by atoms with Crippen LogP contribution < -0.4 is 16.5 Å². The number of carbonyl (C=O) groups excluding carboxylic acids is 1. The number of hydrogen-bond acceptors (Lipinski definition) is 8. The van der Waals surface area contributed by atoms with Crippen LogP contribution in [0.2, 0.25) is 10.0 Å². The topological polar surface area (TPSA) is 209 Å². The normalized spacial score (nSPS) is 11.9. The Morgan fingerprint density at radius 1 is 1.16 bits per heavy atom. The van der Waals surface area contributed by atoms with Crippen LogP contribution in [0.5, 0.6) is 0 Å². The molecule has 0 heterocycles. The van der Waals surface area contributed by atoms with Gasteiger partial charge in [-0.1, -0.05) is 23.2 Å². The van der Waals surface area contributed by atoms with Crippen LogP contribution in [0.3, 0.4) is 0 Å². The first kappa shape index (κ1) is 29.8. The second-order valence-electron chi connectivity index (χ2n) is 7.72. The number of benzene rings is 2. The third kappa shape index (κ3) is 9.17. The van der Waals surface area contributed by atoms with Gasteiger partial charge < -0.3 is 16.2 Å². The molecule has 0 aliphatic carbocycles. The van der Waals surface area contributed by atoms with Gasteiger partial charge in [0.25, 0.3) is 11.6 Å². The minimum atomic E-state index is -4.28. The highest BCUT2D eigenvalue weighted by Crippen LogP contribution is 2.20. The molecule has 1 amide bonds. The number of amides is 1. The molecule has 2 aromatic rings. The highest BCUT2D eigenvalue weighted by Gasteiger charge is 2.33. The molecule has 16 heteroatoms. The zero-order valence-electron chi connectivity index (χ0n) is 19.2. The Morgan fingerprint density at radius 3 is 2.27 bits per heavy atom. The molecule has 0 fully saturated rings. The maximum Gasteiger partial charge on any atom is 0.328 e. The number of carboxylic acid groups (broad SMARTS) is 1. The third-order valence-electron chi connectivity index (χ3n) is 4.93. The minimum absolute atomic E-state index is 0.109. The molecule has 1 atom stereocenters. The van der Waals surface area contributed by atoms with Crippen molar-refractivity contribution >= 4 is 56.6 Å². The lowest BCUT2D eigenvalue weighted by Gasteiger charge is -2.30. The van der Waals surface area contributed by atoms with Crippen LogP contribution in [-0.2, 0) is 26.0 Å². The van der Waals surface area contributed by atoms with Gasteiger partial charge in [-0.3, -0.25) is 25.3 Å². The fourth-order valence-electron chi connectivity index (χ4n) is 3.23. The molecule has 200 valence electrons. The van der Waals surface area contributed by atoms with E-state index in [1.54, 1.807) is 0 Å². The van der Waals surface area contributed by atoms with E-state index < -0.39 is 38.4 Å². The fourth-order valence-corrected chi connectivity index (χ4v) is 4.99. The van der Waals surface area contributed by atoms with Crippen molar-refractivity contribution in [2.45, 2.75) is 30.3 Å². The maximum absolute atomic E-state index is 13.1. The van der Waals surface area contributed by atoms with Gasteiger partial charge in [0.15, 0.2) is 15.8 Å². The Hall–Kier alpha value is -3.46. The van der Waals surface area contributed by atoms with Crippen molar-refractivity contribution in [3.63, 3.8) is 0 Å². The standard InChI is InChI=1S/C21H24Cl2N6O7S/c22-14-8-13(9-15(23)10-14)11-27-28(18(20(31)32)2-1-7-26-21(24)25)19(30)12-37(35,36)17-5-3-16(4-6-17)29(33)34/h3-6,8-10,18,27H,1-2,7,11-12H2,(H,31,32)(H4,24,25,26)/t18-/m0/s1. The summed E-state index contributed by atoms with van der Waals surface area (Å²) in [5.41, 5.74) is 8.04. The molecule has 0 bridgehead atoms. The molecule has 2 aromatic carbocycles. The number of aliphatic carboxylic acids is 1. The quantitative estimate of drug-likeness (QED) is 0.0770. The van der Waals surface area contributed by atoms with E-state index in [-0.39, 0.29) is 42.5 Å². The van der Waals surface area contributed by atoms with Crippen LogP contribution in [0.25, 0.3) is 0 Å². The highest BCUT2D eigenvalue weighted by molar-refractivity contribution is 7.92. The van der Waals surface area contributed by atoms with Crippen molar-refractivity contribution in [1.29, 1.82) is 5.41 Å². The number of nitrogens with one attached hydrogen (secondary N) is 3. The summed E-state index contributed by atoms with van der Waals surface area (Å²) < 4.78 is 25.7. The van der Waals surface area contributed by atoms with Gasteiger partial charge >= 0.3 is 5.97 Å². The SMILES string of the molecule is N=C(N)NCCC[C@@H](C(=O)O)N(NCc1cc(Cl)cc(Cl)c1)C(=O)CS(=O)(=O)c1ccc([N+](=O)[O-])cc1. The largest absolute Gasteiger partial charge is 0.480 e. The van der Waals surface area contributed by atoms with E-state index in [0.29, 0.717) is 20.6 Å². The van der Waals surface area contributed by atoms with Crippen LogP contribution in [0.4, 0.5) is 5.69 Å². The van der Waals surface area contributed by atoms with Gasteiger partial charge in [-0.15, -0.1) is 0 Å². The molecule has 0 aliphatic rings. The number of nitrogens with two attached hydrogens (primary N) is 1. The van der Waals surface area contributed by atoms with Crippen molar-refractivity contribution in [2.75, 3.05) is 12.3 Å². The van der Waals surface area contributed by atoms with E-state index in [2.05, 4.69) is 10.7 Å². The summed E-state index contributed by atoms with van der Waals surface area (Å²) >= 11 is 12.0. The number of nitrogens with zero attached hydrogens (tertiary/aromatic N) is 2. The molecule has 0 saturated carbocycles. The van der Waals surface area contributed by atoms with Gasteiger partial charge in [0, 0.05) is 35.3 Å². The van der Waals surface area contributed by atoms with Gasteiger partial charge in [-0.05, 0) is 48.7 Å². The van der Waals surface area contributed by atoms with Crippen molar-refractivity contribution in [3.05, 3.63) is 68.2 Å². The molecule has 2 rings (SSSR count). The minimum Gasteiger partial charge on any atom is -0.480 e. The number of carboxylic acids is 1. The summed E-state index contributed by atoms with van der Waals surface area (Å²) in [7, 11) is -4.28. The summed E-state index contributed by atoms with van der Waals surface area (Å²) in [5, 5.41) is 31.7. The number of hydrogen-bond donors (Lipinski definition) is 5. The highest BCUT2D eigenvalue weighted by atomic mass is 35.5. The summed E-state index contributed by atoms with van der Waals surface area (Å²) in [6.07, 6.45) is 0.0718. The molecule has 0 saturated heterocycles. The smallest absolute Gasteiger partial charge is 0.328 e. The second kappa shape index (κ2) is 13.2. The van der Waals surface area contributed by atoms with Crippen molar-refractivity contribution in [2.24, 2.45) is 5.73 Å². The van der Waals surface area contributed by atoms with Crippen LogP contribution in [-0.4, -0.2) is 59.6 Å². The number of nitro benzene ring substituents is 1. The van der Waals surface area contributed by atoms with Gasteiger partial charge in [0.05, 0.1) is 9.82 Å². The Bertz CT molecular complexity index is 1250. The third-order valence-corrected chi connectivity index (χ3v) is 6.99. The number of nitro groups is 1. The first-order valence-corrected chi connectivity index (χ1v) is 13.0. The lowest BCUT2D eigenvalue weighted by Crippen LogP contribution is -2.54. The number of rotatable bonds is 13. The first-order chi connectivity index (χ1) is 17.3. The average molecular weight is 575 g/mol. The second-order valence-corrected chi connectivity index (χ2v) is 10.6. The number of non-ortho nitro benzene ring substituents is 1. The molecule has 37 heavy (non-hydrogen) atoms. The van der Waals surface area contributed by atoms with E-state index in [1.807, 2.05) is 0 Å². The molecule has 13 nitrogen and oxygen atoms in total. The molecule has 0 radical (unpaired) electrons. The Kier molecular flexibility index (Phi) is 10.6. The van der Waals surface area contributed by atoms with E-state index in [4.69, 9.17) is 34.3 Å². The van der Waals surface area contributed by atoms with Crippen molar-refractivity contribution < 1.29 is 28.0 Å². The maximum atomic E-state index is 13.1. The lowest BCUT2D eigenvalue weighted by molar-refractivity contribution is -0.384. The number of guanidine groups is 1. The van der Waals surface area contributed by atoms with Gasteiger partial charge in [-0.25, -0.2) is 18.6 Å². The van der Waals surface area contributed by atoms with Crippen LogP contribution in [0.1, 0.15) is 18.4 Å². The van der Waals surface area contributed by atoms with E-state index in [9.17, 15) is 33.2 Å². The predicted molar refractivity (Wildman–Crippen MR) is 136 cm³/mol. The Balaban J connectivity index is 2.30. The predicted octanol–water partition coefficient (Wildman–Crippen LogP) is 1.93. The fraction of sp³-hybridized carbons (Fsp3) is 0.286. The van der Waals surface area contributed by atoms with Crippen LogP contribution in [0.15, 0.2) is 47.4 Å². The number of halogens is 2. The molecule has 0 unspecified atom stereocenters. The lowest BCUT2D eigenvalue weighted by atomic mass is 10.1.